The van der Waals surface area contributed by atoms with Crippen LogP contribution in [-0.4, -0.2) is 29.2 Å². The number of hydrogen-bond acceptors (Lipinski definition) is 6. The molecule has 0 aromatic heterocycles. The van der Waals surface area contributed by atoms with Gasteiger partial charge in [-0.1, -0.05) is 87.0 Å². The lowest BCUT2D eigenvalue weighted by atomic mass is 9.73. The largest absolute Gasteiger partial charge is 0.483 e. The van der Waals surface area contributed by atoms with Crippen molar-refractivity contribution in [2.45, 2.75) is 96.3 Å². The number of alkyl halides is 6. The predicted octanol–water partition coefficient (Wildman–Crippen LogP) is 12.9. The Hall–Kier alpha value is -5.60. The Morgan fingerprint density at radius 2 is 0.742 bits per heavy atom. The van der Waals surface area contributed by atoms with E-state index in [0.717, 1.165) is 41.8 Å². The number of rotatable bonds is 13. The molecule has 0 heterocycles. The third-order valence-electron chi connectivity index (χ3n) is 11.2. The minimum Gasteiger partial charge on any atom is -0.483 e. The summed E-state index contributed by atoms with van der Waals surface area (Å²) < 4.78 is 155. The summed E-state index contributed by atoms with van der Waals surface area (Å²) in [5.41, 5.74) is -5.65. The summed E-state index contributed by atoms with van der Waals surface area (Å²) in [4.78, 5) is 0.175. The Morgan fingerprint density at radius 1 is 0.435 bits per heavy atom. The molecule has 0 spiro atoms. The third kappa shape index (κ3) is 8.85. The summed E-state index contributed by atoms with van der Waals surface area (Å²) in [6.07, 6.45) is -10.9. The van der Waals surface area contributed by atoms with Gasteiger partial charge in [0.05, 0.1) is 19.6 Å². The Balaban J connectivity index is 1.21. The van der Waals surface area contributed by atoms with Gasteiger partial charge >= 0.3 is 12.4 Å². The first-order chi connectivity index (χ1) is 28.8. The van der Waals surface area contributed by atoms with Gasteiger partial charge in [-0.15, -0.1) is 0 Å². The van der Waals surface area contributed by atoms with Gasteiger partial charge in [-0.3, -0.25) is 0 Å². The molecule has 0 aliphatic heterocycles. The lowest BCUT2D eigenvalue weighted by Gasteiger charge is -2.38. The molecule has 0 fully saturated rings. The highest BCUT2D eigenvalue weighted by Gasteiger charge is 2.72. The maximum atomic E-state index is 15.0. The molecular weight excluding hydrogens is 851 g/mol. The van der Waals surface area contributed by atoms with E-state index in [2.05, 4.69) is 13.8 Å². The first-order valence-corrected chi connectivity index (χ1v) is 22.4. The molecule has 0 aliphatic rings. The zero-order valence-corrected chi connectivity index (χ0v) is 36.2. The maximum absolute atomic E-state index is 15.0. The molecule has 0 radical (unpaired) electrons. The van der Waals surface area contributed by atoms with Gasteiger partial charge in [-0.2, -0.15) is 26.3 Å². The summed E-state index contributed by atoms with van der Waals surface area (Å²) in [5, 5.41) is 0. The summed E-state index contributed by atoms with van der Waals surface area (Å²) in [7, 11) is -7.74. The van der Waals surface area contributed by atoms with Crippen LogP contribution in [0.1, 0.15) is 68.9 Å². The van der Waals surface area contributed by atoms with Crippen LogP contribution in [0.4, 0.5) is 26.3 Å². The number of aryl methyl sites for hydroxylation is 1. The van der Waals surface area contributed by atoms with Gasteiger partial charge < -0.3 is 9.47 Å². The summed E-state index contributed by atoms with van der Waals surface area (Å²) in [6.45, 7) is 11.2. The summed E-state index contributed by atoms with van der Waals surface area (Å²) in [5.74, 6) is -0.0373. The number of sulfone groups is 2. The Labute approximate surface area is 358 Å². The normalized spacial score (nSPS) is 13.2. The molecule has 14 heteroatoms. The minimum atomic E-state index is -5.86. The third-order valence-corrected chi connectivity index (χ3v) is 14.8. The van der Waals surface area contributed by atoms with E-state index in [1.807, 2.05) is 13.8 Å². The number of halogens is 6. The van der Waals surface area contributed by atoms with Gasteiger partial charge in [0.15, 0.2) is 0 Å². The van der Waals surface area contributed by atoms with Crippen LogP contribution in [-0.2, 0) is 36.1 Å². The molecule has 6 nitrogen and oxygen atoms in total. The van der Waals surface area contributed by atoms with E-state index in [1.165, 1.54) is 72.8 Å². The quantitative estimate of drug-likeness (QED) is 0.107. The van der Waals surface area contributed by atoms with Crippen molar-refractivity contribution < 1.29 is 52.7 Å². The zero-order valence-electron chi connectivity index (χ0n) is 34.6. The Kier molecular flexibility index (Phi) is 12.3. The highest BCUT2D eigenvalue weighted by molar-refractivity contribution is 7.91. The second-order valence-electron chi connectivity index (χ2n) is 16.1. The first-order valence-electron chi connectivity index (χ1n) is 19.4. The van der Waals surface area contributed by atoms with Crippen LogP contribution < -0.4 is 9.47 Å². The van der Waals surface area contributed by atoms with Crippen molar-refractivity contribution in [2.75, 3.05) is 0 Å². The van der Waals surface area contributed by atoms with E-state index < -0.39 is 54.2 Å². The zero-order chi connectivity index (χ0) is 45.5. The summed E-state index contributed by atoms with van der Waals surface area (Å²) in [6, 6.07) is 30.9. The molecule has 0 atom stereocenters. The first kappa shape index (κ1) is 45.9. The second-order valence-corrected chi connectivity index (χ2v) is 20.0. The maximum Gasteiger partial charge on any atom is 0.411 e. The highest BCUT2D eigenvalue weighted by atomic mass is 32.2. The van der Waals surface area contributed by atoms with E-state index >= 15 is 0 Å². The summed E-state index contributed by atoms with van der Waals surface area (Å²) >= 11 is 0. The second kappa shape index (κ2) is 16.6. The van der Waals surface area contributed by atoms with Crippen molar-refractivity contribution in [3.8, 4) is 17.2 Å². The van der Waals surface area contributed by atoms with E-state index in [1.54, 1.807) is 38.1 Å². The van der Waals surface area contributed by atoms with Gasteiger partial charge in [0, 0.05) is 0 Å². The molecule has 0 saturated heterocycles. The Bertz CT molecular complexity index is 2710. The smallest absolute Gasteiger partial charge is 0.411 e. The molecule has 0 N–H and O–H groups in total. The molecule has 0 unspecified atom stereocenters. The van der Waals surface area contributed by atoms with E-state index in [4.69, 9.17) is 9.47 Å². The standard InChI is InChI=1S/C48H44F6O6S2/c1-7-44(3,4)33-14-26-41(27-15-33)62(57,58)43-30-22-38(23-31-43)59-37-18-10-35(11-19-37)46(47(49,50)51,48(52,53)54)36-12-20-39(21-13-36)60-45(5,6)34-16-28-42(29-17-34)61(55,56)40-24-8-32(2)9-25-40/h8-31H,7H2,1-6H3. The average molecular weight is 895 g/mol. The molecule has 62 heavy (non-hydrogen) atoms. The van der Waals surface area contributed by atoms with E-state index in [9.17, 15) is 43.2 Å². The van der Waals surface area contributed by atoms with Crippen molar-refractivity contribution in [1.82, 2.24) is 0 Å². The number of benzene rings is 6. The molecule has 326 valence electrons. The molecule has 0 aliphatic carbocycles. The fourth-order valence-electron chi connectivity index (χ4n) is 7.02. The van der Waals surface area contributed by atoms with E-state index in [-0.39, 0.29) is 42.2 Å². The van der Waals surface area contributed by atoms with Crippen LogP contribution >= 0.6 is 0 Å². The van der Waals surface area contributed by atoms with Crippen LogP contribution in [0.5, 0.6) is 17.2 Å². The SMILES string of the molecule is CCC(C)(C)c1ccc(S(=O)(=O)c2ccc(Oc3ccc(C(c4ccc(OC(C)(C)c5ccc(S(=O)(=O)c6ccc(C)cc6)cc5)cc4)(C(F)(F)F)C(F)(F)F)cc3)cc2)cc1. The van der Waals surface area contributed by atoms with Crippen molar-refractivity contribution >= 4 is 19.7 Å². The molecule has 6 aromatic carbocycles. The number of hydrogen-bond donors (Lipinski definition) is 0. The lowest BCUT2D eigenvalue weighted by Crippen LogP contribution is -2.54. The van der Waals surface area contributed by atoms with Crippen LogP contribution in [0.15, 0.2) is 165 Å². The lowest BCUT2D eigenvalue weighted by molar-refractivity contribution is -0.288. The monoisotopic (exact) mass is 894 g/mol. The van der Waals surface area contributed by atoms with Crippen molar-refractivity contribution in [1.29, 1.82) is 0 Å². The average Bonchev–Trinajstić information content (AvgIpc) is 3.21. The fraction of sp³-hybridized carbons (Fsp3) is 0.250. The van der Waals surface area contributed by atoms with Crippen LogP contribution in [0, 0.1) is 6.92 Å². The van der Waals surface area contributed by atoms with Crippen molar-refractivity contribution in [3.05, 3.63) is 173 Å². The molecule has 0 saturated carbocycles. The molecule has 6 rings (SSSR count). The minimum absolute atomic E-state index is 0.0244. The Morgan fingerprint density at radius 3 is 1.11 bits per heavy atom. The van der Waals surface area contributed by atoms with Crippen LogP contribution in [0.2, 0.25) is 0 Å². The molecule has 0 amide bonds. The molecule has 6 aromatic rings. The van der Waals surface area contributed by atoms with Crippen molar-refractivity contribution in [2.24, 2.45) is 0 Å². The van der Waals surface area contributed by atoms with Gasteiger partial charge in [0.1, 0.15) is 22.8 Å². The van der Waals surface area contributed by atoms with Gasteiger partial charge in [-0.25, -0.2) is 16.8 Å². The fourth-order valence-corrected chi connectivity index (χ4v) is 9.54. The van der Waals surface area contributed by atoms with E-state index in [0.29, 0.717) is 29.8 Å². The molecular formula is C48H44F6O6S2. The van der Waals surface area contributed by atoms with Gasteiger partial charge in [-0.05, 0) is 140 Å². The van der Waals surface area contributed by atoms with Crippen LogP contribution in [0.25, 0.3) is 0 Å². The number of ether oxygens (including phenoxy) is 2. The predicted molar refractivity (Wildman–Crippen MR) is 224 cm³/mol. The molecule has 0 bridgehead atoms. The van der Waals surface area contributed by atoms with Gasteiger partial charge in [0.25, 0.3) is 0 Å². The highest BCUT2D eigenvalue weighted by Crippen LogP contribution is 2.56. The van der Waals surface area contributed by atoms with Gasteiger partial charge in [0.2, 0.25) is 25.1 Å². The van der Waals surface area contributed by atoms with Crippen molar-refractivity contribution in [3.63, 3.8) is 0 Å². The van der Waals surface area contributed by atoms with Crippen LogP contribution in [0.3, 0.4) is 0 Å². The topological polar surface area (TPSA) is 86.7 Å².